The molecule has 0 saturated heterocycles. The topological polar surface area (TPSA) is 3.24 Å². The summed E-state index contributed by atoms with van der Waals surface area (Å²) in [5.41, 5.74) is 24.9. The quantitative estimate of drug-likeness (QED) is 0.147. The molecule has 0 aliphatic heterocycles. The van der Waals surface area contributed by atoms with Crippen LogP contribution in [-0.4, -0.2) is 0 Å². The van der Waals surface area contributed by atoms with E-state index < -0.39 is 0 Å². The first-order valence-electron chi connectivity index (χ1n) is 23.2. The number of hydrogen-bond acceptors (Lipinski definition) is 1. The lowest BCUT2D eigenvalue weighted by Gasteiger charge is -2.28. The molecule has 0 fully saturated rings. The lowest BCUT2D eigenvalue weighted by molar-refractivity contribution is 0.662. The van der Waals surface area contributed by atoms with Crippen molar-refractivity contribution in [2.24, 2.45) is 0 Å². The van der Waals surface area contributed by atoms with Gasteiger partial charge in [0.1, 0.15) is 0 Å². The third kappa shape index (κ3) is 6.38. The number of anilines is 3. The number of rotatable bonds is 8. The zero-order valence-corrected chi connectivity index (χ0v) is 37.5. The Hall–Kier alpha value is -8.00. The highest BCUT2D eigenvalue weighted by atomic mass is 15.1. The smallest absolute Gasteiger partial charge is 0.0462 e. The van der Waals surface area contributed by atoms with Gasteiger partial charge >= 0.3 is 0 Å². The van der Waals surface area contributed by atoms with E-state index in [9.17, 15) is 0 Å². The normalized spacial score (nSPS) is 15.1. The molecule has 0 bridgehead atoms. The molecule has 10 aromatic carbocycles. The minimum absolute atomic E-state index is 0.0957. The van der Waals surface area contributed by atoms with Gasteiger partial charge in [-0.2, -0.15) is 0 Å². The molecule has 0 amide bonds. The van der Waals surface area contributed by atoms with Gasteiger partial charge in [-0.1, -0.05) is 214 Å². The number of fused-ring (bicyclic) bond motifs is 6. The maximum atomic E-state index is 2.43. The summed E-state index contributed by atoms with van der Waals surface area (Å²) >= 11 is 0. The van der Waals surface area contributed by atoms with E-state index in [2.05, 4.69) is 268 Å². The van der Waals surface area contributed by atoms with E-state index in [1.807, 2.05) is 0 Å². The highest BCUT2D eigenvalue weighted by Crippen LogP contribution is 2.54. The number of hydrogen-bond donors (Lipinski definition) is 0. The molecule has 12 rings (SSSR count). The van der Waals surface area contributed by atoms with Crippen molar-refractivity contribution in [2.75, 3.05) is 4.90 Å². The average molecular weight is 844 g/mol. The van der Waals surface area contributed by atoms with E-state index in [1.165, 1.54) is 94.6 Å². The zero-order valence-electron chi connectivity index (χ0n) is 37.5. The molecule has 10 aromatic rings. The van der Waals surface area contributed by atoms with Crippen molar-refractivity contribution in [3.8, 4) is 66.8 Å². The average Bonchev–Trinajstić information content (AvgIpc) is 3.79. The van der Waals surface area contributed by atoms with Crippen LogP contribution in [0.25, 0.3) is 66.8 Å². The summed E-state index contributed by atoms with van der Waals surface area (Å²) in [5, 5.41) is 0. The second-order valence-corrected chi connectivity index (χ2v) is 18.6. The van der Waals surface area contributed by atoms with Crippen molar-refractivity contribution in [1.82, 2.24) is 0 Å². The van der Waals surface area contributed by atoms with Gasteiger partial charge in [0.15, 0.2) is 0 Å². The van der Waals surface area contributed by atoms with Gasteiger partial charge in [0, 0.05) is 27.9 Å². The molecule has 0 radical (unpaired) electrons. The van der Waals surface area contributed by atoms with Crippen molar-refractivity contribution in [1.29, 1.82) is 0 Å². The summed E-state index contributed by atoms with van der Waals surface area (Å²) in [6.45, 7) is 7.12. The maximum Gasteiger partial charge on any atom is 0.0462 e. The number of nitrogens with zero attached hydrogens (tertiary/aromatic N) is 1. The fourth-order valence-electron chi connectivity index (χ4n) is 11.2. The molecule has 2 aliphatic rings. The van der Waals surface area contributed by atoms with Gasteiger partial charge in [-0.05, 0) is 144 Å². The molecule has 1 nitrogen and oxygen atoms in total. The molecule has 0 saturated carbocycles. The van der Waals surface area contributed by atoms with Crippen molar-refractivity contribution in [2.45, 2.75) is 31.6 Å². The lowest BCUT2D eigenvalue weighted by Crippen LogP contribution is -2.22. The monoisotopic (exact) mass is 843 g/mol. The third-order valence-corrected chi connectivity index (χ3v) is 14.6. The Morgan fingerprint density at radius 1 is 0.273 bits per heavy atom. The first kappa shape index (κ1) is 39.6. The molecular weight excluding hydrogens is 795 g/mol. The molecule has 0 heterocycles. The van der Waals surface area contributed by atoms with Gasteiger partial charge in [0.25, 0.3) is 0 Å². The molecule has 1 atom stereocenters. The van der Waals surface area contributed by atoms with Crippen LogP contribution in [0.5, 0.6) is 0 Å². The SMILES string of the molecule is CC1(C)c2ccccc2-c2cccc(-c3ccc(N(c4ccc(-c5ccc(-c6ccccc6)cc5)cc4)c4ccc(-c5ccc6c(c5)C(C)(c5ccccc5)c5ccccc5-6)cc4)cc3)c21. The molecule has 0 spiro atoms. The van der Waals surface area contributed by atoms with Gasteiger partial charge in [-0.25, -0.2) is 0 Å². The van der Waals surface area contributed by atoms with E-state index in [1.54, 1.807) is 0 Å². The molecular formula is C65H49N. The number of benzene rings is 10. The highest BCUT2D eigenvalue weighted by molar-refractivity contribution is 5.90. The van der Waals surface area contributed by atoms with E-state index in [-0.39, 0.29) is 10.8 Å². The minimum Gasteiger partial charge on any atom is -0.311 e. The third-order valence-electron chi connectivity index (χ3n) is 14.6. The van der Waals surface area contributed by atoms with Crippen LogP contribution in [0.2, 0.25) is 0 Å². The standard InChI is InChI=1S/C65H49N/c1-64(2)60-23-12-10-20-57(60)59-22-14-21-55(63(59)64)49-33-40-54(41-34-49)66(52-36-29-47(30-37-52)46-27-25-45(26-28-46)44-15-6-4-7-16-44)53-38-31-48(32-39-53)50-35-42-58-56-19-11-13-24-61(56)65(3,62(58)43-50)51-17-8-5-9-18-51/h4-43H,1-3H3. The summed E-state index contributed by atoms with van der Waals surface area (Å²) in [5.74, 6) is 0. The van der Waals surface area contributed by atoms with Crippen molar-refractivity contribution in [3.63, 3.8) is 0 Å². The first-order valence-corrected chi connectivity index (χ1v) is 23.2. The Labute approximate surface area is 389 Å². The molecule has 1 unspecified atom stereocenters. The Morgan fingerprint density at radius 3 is 1.26 bits per heavy atom. The zero-order chi connectivity index (χ0) is 44.4. The fraction of sp³-hybridized carbons (Fsp3) is 0.0769. The Balaban J connectivity index is 0.914. The summed E-state index contributed by atoms with van der Waals surface area (Å²) < 4.78 is 0. The van der Waals surface area contributed by atoms with E-state index >= 15 is 0 Å². The van der Waals surface area contributed by atoms with Crippen molar-refractivity contribution >= 4 is 17.1 Å². The summed E-state index contributed by atoms with van der Waals surface area (Å²) in [7, 11) is 0. The second-order valence-electron chi connectivity index (χ2n) is 18.6. The van der Waals surface area contributed by atoms with Crippen LogP contribution in [0, 0.1) is 0 Å². The van der Waals surface area contributed by atoms with E-state index in [4.69, 9.17) is 0 Å². The van der Waals surface area contributed by atoms with Crippen LogP contribution >= 0.6 is 0 Å². The van der Waals surface area contributed by atoms with Crippen LogP contribution in [0.4, 0.5) is 17.1 Å². The molecule has 0 N–H and O–H groups in total. The van der Waals surface area contributed by atoms with Crippen LogP contribution in [-0.2, 0) is 10.8 Å². The summed E-state index contributed by atoms with van der Waals surface area (Å²) in [6, 6.07) is 89.5. The van der Waals surface area contributed by atoms with Gasteiger partial charge < -0.3 is 4.90 Å². The van der Waals surface area contributed by atoms with Crippen LogP contribution in [0.15, 0.2) is 243 Å². The van der Waals surface area contributed by atoms with Gasteiger partial charge in [-0.3, -0.25) is 0 Å². The van der Waals surface area contributed by atoms with Crippen LogP contribution in [0.3, 0.4) is 0 Å². The maximum absolute atomic E-state index is 2.43. The van der Waals surface area contributed by atoms with Crippen LogP contribution < -0.4 is 4.90 Å². The Bertz CT molecular complexity index is 3400. The molecule has 1 heteroatoms. The fourth-order valence-corrected chi connectivity index (χ4v) is 11.2. The van der Waals surface area contributed by atoms with Crippen LogP contribution in [0.1, 0.15) is 48.6 Å². The molecule has 2 aliphatic carbocycles. The molecule has 66 heavy (non-hydrogen) atoms. The van der Waals surface area contributed by atoms with Gasteiger partial charge in [0.2, 0.25) is 0 Å². The highest BCUT2D eigenvalue weighted by Gasteiger charge is 2.41. The van der Waals surface area contributed by atoms with Gasteiger partial charge in [-0.15, -0.1) is 0 Å². The minimum atomic E-state index is -0.248. The Morgan fingerprint density at radius 2 is 0.667 bits per heavy atom. The van der Waals surface area contributed by atoms with E-state index in [0.717, 1.165) is 17.1 Å². The molecule has 314 valence electrons. The molecule has 0 aromatic heterocycles. The predicted octanol–water partition coefficient (Wildman–Crippen LogP) is 17.5. The second kappa shape index (κ2) is 15.6. The Kier molecular flexibility index (Phi) is 9.36. The lowest BCUT2D eigenvalue weighted by atomic mass is 9.74. The largest absolute Gasteiger partial charge is 0.311 e. The summed E-state index contributed by atoms with van der Waals surface area (Å²) in [4.78, 5) is 2.39. The van der Waals surface area contributed by atoms with Crippen molar-refractivity contribution < 1.29 is 0 Å². The van der Waals surface area contributed by atoms with E-state index in [0.29, 0.717) is 0 Å². The summed E-state index contributed by atoms with van der Waals surface area (Å²) in [6.07, 6.45) is 0. The first-order chi connectivity index (χ1) is 32.4. The van der Waals surface area contributed by atoms with Gasteiger partial charge in [0.05, 0.1) is 0 Å². The predicted molar refractivity (Wildman–Crippen MR) is 278 cm³/mol. The van der Waals surface area contributed by atoms with Crippen molar-refractivity contribution in [3.05, 3.63) is 270 Å².